The summed E-state index contributed by atoms with van der Waals surface area (Å²) in [4.78, 5) is 55.5. The van der Waals surface area contributed by atoms with Crippen LogP contribution in [-0.4, -0.2) is 71.8 Å². The summed E-state index contributed by atoms with van der Waals surface area (Å²) in [6, 6.07) is -0.593. The van der Waals surface area contributed by atoms with E-state index in [1.807, 2.05) is 13.8 Å². The number of nitrogens with zero attached hydrogens (tertiary/aromatic N) is 1. The third-order valence-corrected chi connectivity index (χ3v) is 7.93. The van der Waals surface area contributed by atoms with Gasteiger partial charge in [0.15, 0.2) is 24.5 Å². The standard InChI is InChI=1S/C34H55NO8/c1-14-16-21-22(17-15-2)35(23(20(3)4)18-24(21)36)28-27(43-31(39)34(11,12)13)26(42-30(38)33(8,9)10)25(19-40-28)41-29(37)32(5,6)7/h14-15,20-23,25-28H,1-2,16-19H2,3-13H3/t21-,22-,23+,25+,26+,27-,28-/m0/s1. The first-order valence-electron chi connectivity index (χ1n) is 15.4. The van der Waals surface area contributed by atoms with E-state index < -0.39 is 58.7 Å². The van der Waals surface area contributed by atoms with Crippen LogP contribution in [0, 0.1) is 28.1 Å². The number of ketones is 1. The molecule has 0 bridgehead atoms. The molecule has 7 atom stereocenters. The Labute approximate surface area is 258 Å². The van der Waals surface area contributed by atoms with Gasteiger partial charge in [-0.2, -0.15) is 0 Å². The van der Waals surface area contributed by atoms with Crippen LogP contribution >= 0.6 is 0 Å². The van der Waals surface area contributed by atoms with Gasteiger partial charge in [-0.25, -0.2) is 0 Å². The molecule has 0 aliphatic carbocycles. The zero-order valence-electron chi connectivity index (χ0n) is 28.2. The van der Waals surface area contributed by atoms with E-state index in [2.05, 4.69) is 18.1 Å². The van der Waals surface area contributed by atoms with Crippen molar-refractivity contribution in [1.29, 1.82) is 0 Å². The Morgan fingerprint density at radius 2 is 1.30 bits per heavy atom. The second-order valence-electron chi connectivity index (χ2n) is 15.3. The van der Waals surface area contributed by atoms with E-state index in [1.54, 1.807) is 74.5 Å². The molecule has 9 nitrogen and oxygen atoms in total. The van der Waals surface area contributed by atoms with E-state index in [9.17, 15) is 19.2 Å². The van der Waals surface area contributed by atoms with Crippen LogP contribution in [0.3, 0.4) is 0 Å². The van der Waals surface area contributed by atoms with Crippen molar-refractivity contribution >= 4 is 23.7 Å². The average Bonchev–Trinajstić information content (AvgIpc) is 2.86. The number of allylic oxidation sites excluding steroid dienone is 1. The maximum Gasteiger partial charge on any atom is 0.311 e. The van der Waals surface area contributed by atoms with Crippen LogP contribution in [0.5, 0.6) is 0 Å². The quantitative estimate of drug-likeness (QED) is 0.187. The fourth-order valence-electron chi connectivity index (χ4n) is 5.31. The van der Waals surface area contributed by atoms with Crippen molar-refractivity contribution in [1.82, 2.24) is 4.90 Å². The number of carbonyl (C=O) groups excluding carboxylic acids is 4. The van der Waals surface area contributed by atoms with Crippen LogP contribution in [0.15, 0.2) is 25.3 Å². The van der Waals surface area contributed by atoms with Gasteiger partial charge in [-0.15, -0.1) is 13.2 Å². The molecule has 0 radical (unpaired) electrons. The summed E-state index contributed by atoms with van der Waals surface area (Å²) in [5.74, 6) is -1.77. The number of carbonyl (C=O) groups is 4. The molecule has 2 saturated heterocycles. The van der Waals surface area contributed by atoms with Gasteiger partial charge < -0.3 is 18.9 Å². The summed E-state index contributed by atoms with van der Waals surface area (Å²) in [6.07, 6.45) is 0.484. The number of hydrogen-bond donors (Lipinski definition) is 0. The molecule has 2 aliphatic rings. The van der Waals surface area contributed by atoms with Crippen molar-refractivity contribution in [3.05, 3.63) is 25.3 Å². The fourth-order valence-corrected chi connectivity index (χ4v) is 5.31. The molecule has 0 saturated carbocycles. The molecular formula is C34H55NO8. The number of esters is 3. The Morgan fingerprint density at radius 1 is 0.837 bits per heavy atom. The van der Waals surface area contributed by atoms with Gasteiger partial charge >= 0.3 is 17.9 Å². The van der Waals surface area contributed by atoms with Crippen LogP contribution in [0.1, 0.15) is 95.4 Å². The van der Waals surface area contributed by atoms with Crippen molar-refractivity contribution in [3.63, 3.8) is 0 Å². The van der Waals surface area contributed by atoms with Crippen molar-refractivity contribution in [2.24, 2.45) is 28.1 Å². The Bertz CT molecular complexity index is 1040. The summed E-state index contributed by atoms with van der Waals surface area (Å²) in [6.45, 7) is 27.4. The van der Waals surface area contributed by atoms with E-state index in [0.717, 1.165) is 0 Å². The molecule has 2 fully saturated rings. The lowest BCUT2D eigenvalue weighted by atomic mass is 9.77. The van der Waals surface area contributed by atoms with Gasteiger partial charge in [0, 0.05) is 24.4 Å². The van der Waals surface area contributed by atoms with E-state index in [-0.39, 0.29) is 42.7 Å². The first-order valence-corrected chi connectivity index (χ1v) is 15.4. The molecule has 2 heterocycles. The molecule has 9 heteroatoms. The lowest BCUT2D eigenvalue weighted by Crippen LogP contribution is -2.69. The summed E-state index contributed by atoms with van der Waals surface area (Å²) in [5.41, 5.74) is -2.61. The molecule has 0 aromatic carbocycles. The first kappa shape index (κ1) is 36.7. The highest BCUT2D eigenvalue weighted by molar-refractivity contribution is 5.83. The zero-order valence-corrected chi connectivity index (χ0v) is 28.2. The Kier molecular flexibility index (Phi) is 12.0. The molecule has 0 unspecified atom stereocenters. The fraction of sp³-hybridized carbons (Fsp3) is 0.765. The third kappa shape index (κ3) is 9.00. The summed E-state index contributed by atoms with van der Waals surface area (Å²) in [7, 11) is 0. The number of likely N-dealkylation sites (tertiary alicyclic amines) is 1. The van der Waals surface area contributed by atoms with Crippen molar-refractivity contribution in [2.45, 2.75) is 132 Å². The maximum absolute atomic E-state index is 13.5. The minimum atomic E-state index is -1.16. The molecule has 0 spiro atoms. The van der Waals surface area contributed by atoms with Crippen molar-refractivity contribution in [3.8, 4) is 0 Å². The highest BCUT2D eigenvalue weighted by Crippen LogP contribution is 2.40. The largest absolute Gasteiger partial charge is 0.455 e. The van der Waals surface area contributed by atoms with Gasteiger partial charge in [0.2, 0.25) is 0 Å². The molecule has 0 N–H and O–H groups in total. The van der Waals surface area contributed by atoms with Gasteiger partial charge in [-0.3, -0.25) is 24.1 Å². The Balaban J connectivity index is 2.77. The molecule has 2 aliphatic heterocycles. The Morgan fingerprint density at radius 3 is 1.74 bits per heavy atom. The van der Waals surface area contributed by atoms with E-state index in [1.165, 1.54) is 0 Å². The van der Waals surface area contributed by atoms with E-state index in [4.69, 9.17) is 18.9 Å². The molecule has 0 aromatic heterocycles. The predicted molar refractivity (Wildman–Crippen MR) is 165 cm³/mol. The second kappa shape index (κ2) is 14.1. The highest BCUT2D eigenvalue weighted by Gasteiger charge is 2.56. The van der Waals surface area contributed by atoms with Gasteiger partial charge in [-0.1, -0.05) is 26.0 Å². The normalized spacial score (nSPS) is 29.1. The van der Waals surface area contributed by atoms with Gasteiger partial charge in [0.1, 0.15) is 5.78 Å². The van der Waals surface area contributed by atoms with E-state index in [0.29, 0.717) is 12.8 Å². The Hall–Kier alpha value is -2.52. The molecule has 0 aromatic rings. The monoisotopic (exact) mass is 605 g/mol. The molecular weight excluding hydrogens is 550 g/mol. The van der Waals surface area contributed by atoms with Crippen LogP contribution < -0.4 is 0 Å². The number of rotatable bonds is 9. The molecule has 43 heavy (non-hydrogen) atoms. The summed E-state index contributed by atoms with van der Waals surface area (Å²) in [5, 5.41) is 0. The van der Waals surface area contributed by atoms with E-state index >= 15 is 0 Å². The number of ether oxygens (including phenoxy) is 4. The van der Waals surface area contributed by atoms with Crippen molar-refractivity contribution < 1.29 is 38.1 Å². The number of piperidine rings is 1. The lowest BCUT2D eigenvalue weighted by Gasteiger charge is -2.54. The van der Waals surface area contributed by atoms with Crippen LogP contribution in [-0.2, 0) is 38.1 Å². The van der Waals surface area contributed by atoms with Crippen molar-refractivity contribution in [2.75, 3.05) is 6.61 Å². The van der Waals surface area contributed by atoms with Gasteiger partial charge in [-0.05, 0) is 81.1 Å². The molecule has 2 rings (SSSR count). The van der Waals surface area contributed by atoms with Gasteiger partial charge in [0.25, 0.3) is 0 Å². The number of Topliss-reactive ketones (excluding diaryl/α,β-unsaturated/α-hetero) is 1. The number of hydrogen-bond acceptors (Lipinski definition) is 9. The SMILES string of the molecule is C=CC[C@@H]1C(=O)C[C@H](C(C)C)N([C@H]2OC[C@@H](OC(=O)C(C)(C)C)[C@@H](OC(=O)C(C)(C)C)[C@@H]2OC(=O)C(C)(C)C)[C@H]1CC=C. The lowest BCUT2D eigenvalue weighted by molar-refractivity contribution is -0.270. The molecule has 0 amide bonds. The topological polar surface area (TPSA) is 108 Å². The third-order valence-electron chi connectivity index (χ3n) is 7.93. The van der Waals surface area contributed by atoms with Gasteiger partial charge in [0.05, 0.1) is 22.9 Å². The minimum absolute atomic E-state index is 0.0375. The maximum atomic E-state index is 13.5. The minimum Gasteiger partial charge on any atom is -0.455 e. The average molecular weight is 606 g/mol. The summed E-state index contributed by atoms with van der Waals surface area (Å²) < 4.78 is 24.7. The highest BCUT2D eigenvalue weighted by atomic mass is 16.6. The smallest absolute Gasteiger partial charge is 0.311 e. The van der Waals surface area contributed by atoms with Crippen LogP contribution in [0.4, 0.5) is 0 Å². The predicted octanol–water partition coefficient (Wildman–Crippen LogP) is 5.65. The zero-order chi connectivity index (χ0) is 33.1. The molecule has 244 valence electrons. The second-order valence-corrected chi connectivity index (χ2v) is 15.3. The van der Waals surface area contributed by atoms with Crippen LogP contribution in [0.2, 0.25) is 0 Å². The van der Waals surface area contributed by atoms with Crippen LogP contribution in [0.25, 0.3) is 0 Å². The first-order chi connectivity index (χ1) is 19.6. The summed E-state index contributed by atoms with van der Waals surface area (Å²) >= 11 is 0.